The number of hydrogen-bond donors (Lipinski definition) is 0. The van der Waals surface area contributed by atoms with Crippen LogP contribution in [0.15, 0.2) is 437 Å². The van der Waals surface area contributed by atoms with Crippen LogP contribution < -0.4 is 0 Å². The van der Waals surface area contributed by atoms with Gasteiger partial charge in [0.05, 0.1) is 22.8 Å². The lowest BCUT2D eigenvalue weighted by Crippen LogP contribution is -1.97. The van der Waals surface area contributed by atoms with Gasteiger partial charge in [-0.05, 0) is 229 Å². The molecule has 0 bridgehead atoms. The Hall–Kier alpha value is -15.0. The highest BCUT2D eigenvalue weighted by atomic mass is 32.1. The Kier molecular flexibility index (Phi) is 19.0. The zero-order chi connectivity index (χ0) is 82.0. The van der Waals surface area contributed by atoms with Crippen LogP contribution in [0.25, 0.3) is 238 Å². The smallest absolute Gasteiger partial charge is 0.160 e. The molecule has 0 saturated carbocycles. The van der Waals surface area contributed by atoms with E-state index in [2.05, 4.69) is 437 Å². The van der Waals surface area contributed by atoms with Gasteiger partial charge in [-0.3, -0.25) is 0 Å². The van der Waals surface area contributed by atoms with E-state index in [1.54, 1.807) is 0 Å². The minimum absolute atomic E-state index is 0.685. The number of aromatic nitrogens is 4. The Morgan fingerprint density at radius 2 is 0.306 bits per heavy atom. The molecule has 0 spiro atoms. The van der Waals surface area contributed by atoms with Crippen molar-refractivity contribution in [2.24, 2.45) is 0 Å². The highest BCUT2D eigenvalue weighted by Crippen LogP contribution is 2.46. The number of benzene rings is 18. The topological polar surface area (TPSA) is 51.6 Å². The monoisotopic (exact) mass is 1650 g/mol. The molecular formula is C116H72N4S4. The molecule has 0 amide bonds. The number of thiophene rings is 4. The summed E-state index contributed by atoms with van der Waals surface area (Å²) in [6.45, 7) is 0. The van der Waals surface area contributed by atoms with Crippen molar-refractivity contribution in [3.8, 4) is 157 Å². The first-order valence-corrected chi connectivity index (χ1v) is 45.0. The van der Waals surface area contributed by atoms with Crippen LogP contribution in [0.2, 0.25) is 0 Å². The number of fused-ring (bicyclic) bond motifs is 12. The van der Waals surface area contributed by atoms with Crippen molar-refractivity contribution in [1.29, 1.82) is 0 Å². The van der Waals surface area contributed by atoms with Gasteiger partial charge in [0.15, 0.2) is 11.6 Å². The molecule has 0 atom stereocenters. The summed E-state index contributed by atoms with van der Waals surface area (Å²) in [6.07, 6.45) is 0. The second-order valence-electron chi connectivity index (χ2n) is 31.5. The molecule has 0 N–H and O–H groups in total. The van der Waals surface area contributed by atoms with Gasteiger partial charge in [0.1, 0.15) is 0 Å². The minimum Gasteiger partial charge on any atom is -0.228 e. The van der Waals surface area contributed by atoms with Gasteiger partial charge < -0.3 is 0 Å². The molecule has 0 aliphatic heterocycles. The van der Waals surface area contributed by atoms with Crippen LogP contribution in [-0.4, -0.2) is 19.9 Å². The van der Waals surface area contributed by atoms with E-state index in [1.807, 2.05) is 45.3 Å². The van der Waals surface area contributed by atoms with E-state index >= 15 is 0 Å². The molecule has 0 radical (unpaired) electrons. The molecule has 4 nitrogen and oxygen atoms in total. The van der Waals surface area contributed by atoms with Gasteiger partial charge in [0.2, 0.25) is 0 Å². The highest BCUT2D eigenvalue weighted by molar-refractivity contribution is 7.27. The maximum absolute atomic E-state index is 5.43. The molecule has 18 aromatic carbocycles. The van der Waals surface area contributed by atoms with Crippen molar-refractivity contribution in [2.45, 2.75) is 0 Å². The fourth-order valence-electron chi connectivity index (χ4n) is 17.5. The van der Waals surface area contributed by atoms with Crippen LogP contribution in [0.1, 0.15) is 0 Å². The summed E-state index contributed by atoms with van der Waals surface area (Å²) in [6, 6.07) is 158. The van der Waals surface area contributed by atoms with Crippen molar-refractivity contribution in [1.82, 2.24) is 19.9 Å². The average molecular weight is 1650 g/mol. The zero-order valence-corrected chi connectivity index (χ0v) is 70.3. The van der Waals surface area contributed by atoms with Crippen LogP contribution in [0.4, 0.5) is 0 Å². The summed E-state index contributed by atoms with van der Waals surface area (Å²) in [4.78, 5) is 21.5. The first-order valence-electron chi connectivity index (χ1n) is 41.7. The largest absolute Gasteiger partial charge is 0.228 e. The van der Waals surface area contributed by atoms with E-state index in [-0.39, 0.29) is 0 Å². The third-order valence-electron chi connectivity index (χ3n) is 23.8. The molecule has 124 heavy (non-hydrogen) atoms. The van der Waals surface area contributed by atoms with Crippen LogP contribution in [-0.2, 0) is 0 Å². The molecule has 0 fully saturated rings. The molecular weight excluding hydrogens is 1580 g/mol. The van der Waals surface area contributed by atoms with Gasteiger partial charge in [-0.15, -0.1) is 45.3 Å². The van der Waals surface area contributed by atoms with Crippen molar-refractivity contribution in [3.63, 3.8) is 0 Å². The fourth-order valence-corrected chi connectivity index (χ4v) is 21.8. The lowest BCUT2D eigenvalue weighted by molar-refractivity contribution is 1.18. The number of nitrogens with zero attached hydrogens (tertiary/aromatic N) is 4. The van der Waals surface area contributed by atoms with Gasteiger partial charge in [-0.2, -0.15) is 0 Å². The summed E-state index contributed by atoms with van der Waals surface area (Å²) in [7, 11) is 0. The SMILES string of the molecule is c1ccc(-c2ccc(-c3cccc(-c4cc(-c5ccccc5)nc(-c5cc(-c6ccc7sc8ccccc8c7c6)cc(-c6ccc7sc8ccccc8c7c6)c5)n4)c3)cc2)cc1.c1ccc(-c2cccc(-c3cccc(-c4cc(-c5ccccc5)nc(-c5cc(-c6ccc7sc8ccccc8c7c6)cc(-c6ccc7sc8ccccc8c7c6)c5)n4)c3)c2)cc1. The van der Waals surface area contributed by atoms with E-state index in [4.69, 9.17) is 19.9 Å². The van der Waals surface area contributed by atoms with Gasteiger partial charge in [0.25, 0.3) is 0 Å². The number of hydrogen-bond acceptors (Lipinski definition) is 8. The average Bonchev–Trinajstić information content (AvgIpc) is 1.74. The van der Waals surface area contributed by atoms with Gasteiger partial charge in [0, 0.05) is 114 Å². The third kappa shape index (κ3) is 14.4. The molecule has 6 aromatic heterocycles. The molecule has 0 saturated heterocycles. The van der Waals surface area contributed by atoms with Gasteiger partial charge >= 0.3 is 0 Å². The van der Waals surface area contributed by atoms with Crippen LogP contribution in [0.3, 0.4) is 0 Å². The minimum atomic E-state index is 0.685. The van der Waals surface area contributed by atoms with Crippen LogP contribution >= 0.6 is 45.3 Å². The van der Waals surface area contributed by atoms with Crippen molar-refractivity contribution < 1.29 is 0 Å². The molecule has 6 heterocycles. The molecule has 0 aliphatic carbocycles. The van der Waals surface area contributed by atoms with E-state index in [1.165, 1.54) is 103 Å². The normalized spacial score (nSPS) is 11.5. The molecule has 8 heteroatoms. The lowest BCUT2D eigenvalue weighted by atomic mass is 9.94. The predicted molar refractivity (Wildman–Crippen MR) is 532 cm³/mol. The van der Waals surface area contributed by atoms with Crippen LogP contribution in [0, 0.1) is 0 Å². The predicted octanol–water partition coefficient (Wildman–Crippen LogP) is 33.8. The Labute approximate surface area is 733 Å². The highest BCUT2D eigenvalue weighted by Gasteiger charge is 2.21. The molecule has 0 unspecified atom stereocenters. The van der Waals surface area contributed by atoms with Crippen molar-refractivity contribution in [3.05, 3.63) is 437 Å². The Balaban J connectivity index is 0.000000143. The van der Waals surface area contributed by atoms with E-state index in [9.17, 15) is 0 Å². The van der Waals surface area contributed by atoms with E-state index < -0.39 is 0 Å². The lowest BCUT2D eigenvalue weighted by Gasteiger charge is -2.14. The second kappa shape index (κ2) is 31.9. The molecule has 580 valence electrons. The summed E-state index contributed by atoms with van der Waals surface area (Å²) in [5.41, 5.74) is 28.2. The molecule has 24 aromatic rings. The Morgan fingerprint density at radius 1 is 0.113 bits per heavy atom. The quantitative estimate of drug-likeness (QED) is 0.109. The maximum atomic E-state index is 5.43. The van der Waals surface area contributed by atoms with E-state index in [0.717, 1.165) is 123 Å². The maximum Gasteiger partial charge on any atom is 0.160 e. The Morgan fingerprint density at radius 3 is 0.629 bits per heavy atom. The summed E-state index contributed by atoms with van der Waals surface area (Å²) >= 11 is 7.39. The standard InChI is InChI=1S/2C58H36N2S2/c1-3-13-37(14-4-1)39-17-11-18-40(29-39)41-19-12-20-44(30-41)53-36-52(38-15-5-2-6-16-38)59-58(60-53)47-32-45(42-25-27-56-50(34-42)48-21-7-9-23-54(48)61-56)31-46(33-47)43-26-28-57-51(35-43)49-22-8-10-24-55(49)62-57;1-3-12-37(13-4-1)38-22-24-39(25-23-38)41-16-11-17-44(30-41)53-36-52(40-14-5-2-6-15-40)59-58(60-53)47-32-45(42-26-28-56-50(34-42)48-18-7-9-20-54(48)61-56)31-46(33-47)43-27-29-57-51(35-43)49-19-8-10-21-55(49)62-57/h2*1-36H. The first kappa shape index (κ1) is 74.1. The molecule has 24 rings (SSSR count). The van der Waals surface area contributed by atoms with Crippen LogP contribution in [0.5, 0.6) is 0 Å². The van der Waals surface area contributed by atoms with E-state index in [0.29, 0.717) is 11.6 Å². The summed E-state index contributed by atoms with van der Waals surface area (Å²) < 4.78 is 10.4. The van der Waals surface area contributed by atoms with Crippen molar-refractivity contribution >= 4 is 126 Å². The summed E-state index contributed by atoms with van der Waals surface area (Å²) in [5.74, 6) is 1.37. The fraction of sp³-hybridized carbons (Fsp3) is 0. The molecule has 0 aliphatic rings. The van der Waals surface area contributed by atoms with Gasteiger partial charge in [-0.1, -0.05) is 297 Å². The third-order valence-corrected chi connectivity index (χ3v) is 28.4. The Bertz CT molecular complexity index is 7970. The first-order chi connectivity index (χ1) is 61.3. The van der Waals surface area contributed by atoms with Gasteiger partial charge in [-0.25, -0.2) is 19.9 Å². The number of rotatable bonds is 14. The van der Waals surface area contributed by atoms with Crippen molar-refractivity contribution in [2.75, 3.05) is 0 Å². The zero-order valence-electron chi connectivity index (χ0n) is 67.0. The summed E-state index contributed by atoms with van der Waals surface area (Å²) in [5, 5.41) is 10.3. The second-order valence-corrected chi connectivity index (χ2v) is 35.9.